The van der Waals surface area contributed by atoms with Crippen LogP contribution in [0.3, 0.4) is 0 Å². The third-order valence-corrected chi connectivity index (χ3v) is 7.12. The third kappa shape index (κ3) is 6.65. The van der Waals surface area contributed by atoms with E-state index in [4.69, 9.17) is 4.74 Å². The molecule has 2 aliphatic rings. The average molecular weight is 493 g/mol. The van der Waals surface area contributed by atoms with Gasteiger partial charge in [-0.3, -0.25) is 14.5 Å². The van der Waals surface area contributed by atoms with Gasteiger partial charge in [-0.05, 0) is 79.1 Å². The van der Waals surface area contributed by atoms with Gasteiger partial charge in [0.05, 0.1) is 30.6 Å². The minimum atomic E-state index is 0.0398. The third-order valence-electron chi connectivity index (χ3n) is 7.12. The van der Waals surface area contributed by atoms with Crippen LogP contribution < -0.4 is 16.0 Å². The molecule has 1 aliphatic heterocycles. The molecule has 0 spiro atoms. The summed E-state index contributed by atoms with van der Waals surface area (Å²) in [5, 5.41) is 10.3. The van der Waals surface area contributed by atoms with Crippen molar-refractivity contribution < 1.29 is 14.3 Å². The zero-order valence-corrected chi connectivity index (χ0v) is 21.9. The van der Waals surface area contributed by atoms with Crippen LogP contribution in [0.2, 0.25) is 0 Å². The number of aryl methyl sites for hydroxylation is 1. The van der Waals surface area contributed by atoms with Gasteiger partial charge in [0.15, 0.2) is 0 Å². The lowest BCUT2D eigenvalue weighted by Gasteiger charge is -2.30. The average Bonchev–Trinajstić information content (AvgIpc) is 2.88. The minimum absolute atomic E-state index is 0.0398. The van der Waals surface area contributed by atoms with Crippen LogP contribution in [-0.4, -0.2) is 56.5 Å². The predicted molar refractivity (Wildman–Crippen MR) is 146 cm³/mol. The summed E-state index contributed by atoms with van der Waals surface area (Å²) in [4.78, 5) is 26.6. The highest BCUT2D eigenvalue weighted by Crippen LogP contribution is 2.38. The molecule has 1 amide bonds. The number of anilines is 3. The largest absolute Gasteiger partial charge is 0.384 e. The van der Waals surface area contributed by atoms with Gasteiger partial charge in [0.1, 0.15) is 6.29 Å². The van der Waals surface area contributed by atoms with Crippen molar-refractivity contribution in [3.63, 3.8) is 0 Å². The fraction of sp³-hybridized carbons (Fsp3) is 0.517. The molecule has 7 nitrogen and oxygen atoms in total. The van der Waals surface area contributed by atoms with Crippen LogP contribution in [0.25, 0.3) is 0 Å². The molecule has 194 valence electrons. The second-order valence-corrected chi connectivity index (χ2v) is 10.1. The fourth-order valence-corrected chi connectivity index (χ4v) is 5.10. The number of carbonyl (C=O) groups excluding carboxylic acids is 2. The first-order valence-corrected chi connectivity index (χ1v) is 13.3. The Bertz CT molecular complexity index is 1060. The van der Waals surface area contributed by atoms with Crippen LogP contribution in [0.1, 0.15) is 79.0 Å². The summed E-state index contributed by atoms with van der Waals surface area (Å²) in [6.07, 6.45) is 4.47. The van der Waals surface area contributed by atoms with Crippen molar-refractivity contribution in [1.82, 2.24) is 4.90 Å². The van der Waals surface area contributed by atoms with Crippen LogP contribution in [-0.2, 0) is 16.0 Å². The molecule has 1 unspecified atom stereocenters. The number of rotatable bonds is 10. The molecule has 2 aromatic carbocycles. The van der Waals surface area contributed by atoms with Crippen LogP contribution in [0.4, 0.5) is 17.1 Å². The number of hydrogen-bond acceptors (Lipinski definition) is 6. The molecule has 1 saturated heterocycles. The Morgan fingerprint density at radius 1 is 1.14 bits per heavy atom. The smallest absolute Gasteiger partial charge is 0.225 e. The Kier molecular flexibility index (Phi) is 8.99. The monoisotopic (exact) mass is 492 g/mol. The summed E-state index contributed by atoms with van der Waals surface area (Å²) in [6, 6.07) is 10.5. The molecule has 0 bridgehead atoms. The van der Waals surface area contributed by atoms with Crippen molar-refractivity contribution in [2.75, 3.05) is 55.3 Å². The lowest BCUT2D eigenvalue weighted by molar-refractivity contribution is -0.116. The number of nitrogens with zero attached hydrogens (tertiary/aromatic N) is 1. The predicted octanol–water partition coefficient (Wildman–Crippen LogP) is 5.20. The van der Waals surface area contributed by atoms with E-state index in [9.17, 15) is 9.59 Å². The van der Waals surface area contributed by atoms with Crippen LogP contribution >= 0.6 is 0 Å². The van der Waals surface area contributed by atoms with Gasteiger partial charge in [0.2, 0.25) is 5.91 Å². The van der Waals surface area contributed by atoms with E-state index in [0.29, 0.717) is 17.9 Å². The summed E-state index contributed by atoms with van der Waals surface area (Å²) >= 11 is 0. The van der Waals surface area contributed by atoms with Crippen LogP contribution in [0.5, 0.6) is 0 Å². The summed E-state index contributed by atoms with van der Waals surface area (Å²) in [5.74, 6) is 0.386. The number of nitrogens with one attached hydrogen (secondary N) is 3. The Balaban J connectivity index is 1.52. The van der Waals surface area contributed by atoms with Gasteiger partial charge in [-0.15, -0.1) is 0 Å². The number of aldehydes is 1. The number of carbonyl (C=O) groups is 2. The zero-order chi connectivity index (χ0) is 25.5. The van der Waals surface area contributed by atoms with Crippen molar-refractivity contribution >= 4 is 29.3 Å². The highest BCUT2D eigenvalue weighted by atomic mass is 16.5. The van der Waals surface area contributed by atoms with Gasteiger partial charge < -0.3 is 20.7 Å². The second-order valence-electron chi connectivity index (χ2n) is 10.1. The Hall–Kier alpha value is -2.90. The Labute approximate surface area is 215 Å². The first-order chi connectivity index (χ1) is 17.5. The number of morpholine rings is 1. The van der Waals surface area contributed by atoms with E-state index in [-0.39, 0.29) is 11.9 Å². The highest BCUT2D eigenvalue weighted by molar-refractivity contribution is 5.94. The summed E-state index contributed by atoms with van der Waals surface area (Å²) in [6.45, 7) is 11.1. The van der Waals surface area contributed by atoms with Gasteiger partial charge >= 0.3 is 0 Å². The maximum absolute atomic E-state index is 12.8. The van der Waals surface area contributed by atoms with Crippen molar-refractivity contribution in [2.24, 2.45) is 0 Å². The molecule has 7 heteroatoms. The van der Waals surface area contributed by atoms with E-state index in [1.807, 2.05) is 12.1 Å². The van der Waals surface area contributed by atoms with Crippen LogP contribution in [0.15, 0.2) is 30.3 Å². The molecular formula is C29H40N4O3. The molecule has 4 rings (SSSR count). The molecule has 1 atom stereocenters. The van der Waals surface area contributed by atoms with E-state index >= 15 is 0 Å². The molecule has 1 heterocycles. The standard InChI is InChI=1S/C29H40N4O3/c1-4-30-27-18-25-22(17-28(27)32-29(35)8-9-33-10-12-36-13-11-33)6-5-7-26(25)31-24-15-21(19-34)14-23(16-24)20(2)3/h14-20,26,30-31H,4-13H2,1-3H3,(H,32,35). The molecule has 1 aliphatic carbocycles. The van der Waals surface area contributed by atoms with Gasteiger partial charge in [0.25, 0.3) is 0 Å². The van der Waals surface area contributed by atoms with E-state index in [0.717, 1.165) is 87.6 Å². The van der Waals surface area contributed by atoms with Crippen molar-refractivity contribution in [2.45, 2.75) is 58.4 Å². The number of benzene rings is 2. The summed E-state index contributed by atoms with van der Waals surface area (Å²) in [7, 11) is 0. The summed E-state index contributed by atoms with van der Waals surface area (Å²) in [5.41, 5.74) is 7.16. The zero-order valence-electron chi connectivity index (χ0n) is 21.9. The topological polar surface area (TPSA) is 82.7 Å². The molecular weight excluding hydrogens is 452 g/mol. The van der Waals surface area contributed by atoms with Gasteiger partial charge in [-0.2, -0.15) is 0 Å². The molecule has 1 fully saturated rings. The lowest BCUT2D eigenvalue weighted by atomic mass is 9.86. The summed E-state index contributed by atoms with van der Waals surface area (Å²) < 4.78 is 5.40. The Morgan fingerprint density at radius 3 is 2.67 bits per heavy atom. The molecule has 0 aromatic heterocycles. The second kappa shape index (κ2) is 12.4. The number of amides is 1. The molecule has 0 radical (unpaired) electrons. The van der Waals surface area contributed by atoms with Gasteiger partial charge in [0, 0.05) is 43.9 Å². The molecule has 2 aromatic rings. The van der Waals surface area contributed by atoms with E-state index in [2.05, 4.69) is 59.8 Å². The quantitative estimate of drug-likeness (QED) is 0.395. The van der Waals surface area contributed by atoms with E-state index in [1.54, 1.807) is 0 Å². The lowest BCUT2D eigenvalue weighted by Crippen LogP contribution is -2.38. The fourth-order valence-electron chi connectivity index (χ4n) is 5.10. The Morgan fingerprint density at radius 2 is 1.94 bits per heavy atom. The SMILES string of the molecule is CCNc1cc2c(cc1NC(=O)CCN1CCOCC1)CCCC2Nc1cc(C=O)cc(C(C)C)c1. The normalized spacial score (nSPS) is 17.9. The molecule has 36 heavy (non-hydrogen) atoms. The van der Waals surface area contributed by atoms with E-state index in [1.165, 1.54) is 11.1 Å². The number of hydrogen-bond donors (Lipinski definition) is 3. The number of fused-ring (bicyclic) bond motifs is 1. The van der Waals surface area contributed by atoms with Gasteiger partial charge in [-0.1, -0.05) is 13.8 Å². The number of ether oxygens (including phenoxy) is 1. The van der Waals surface area contributed by atoms with Crippen molar-refractivity contribution in [3.05, 3.63) is 52.6 Å². The maximum atomic E-state index is 12.8. The minimum Gasteiger partial charge on any atom is -0.384 e. The van der Waals surface area contributed by atoms with Crippen LogP contribution in [0, 0.1) is 0 Å². The van der Waals surface area contributed by atoms with Crippen molar-refractivity contribution in [3.8, 4) is 0 Å². The van der Waals surface area contributed by atoms with Crippen molar-refractivity contribution in [1.29, 1.82) is 0 Å². The first-order valence-electron chi connectivity index (χ1n) is 13.3. The van der Waals surface area contributed by atoms with E-state index < -0.39 is 0 Å². The highest BCUT2D eigenvalue weighted by Gasteiger charge is 2.23. The molecule has 0 saturated carbocycles. The first kappa shape index (κ1) is 26.2. The maximum Gasteiger partial charge on any atom is 0.225 e. The molecule has 3 N–H and O–H groups in total. The van der Waals surface area contributed by atoms with Gasteiger partial charge in [-0.25, -0.2) is 0 Å².